The van der Waals surface area contributed by atoms with E-state index in [2.05, 4.69) is 0 Å². The van der Waals surface area contributed by atoms with Crippen LogP contribution in [0.1, 0.15) is 36.5 Å². The number of ether oxygens (including phenoxy) is 1. The number of aliphatic carboxylic acids is 1. The number of amides is 1. The Hall–Kier alpha value is -2.04. The second-order valence-corrected chi connectivity index (χ2v) is 6.86. The molecule has 1 aromatic carbocycles. The van der Waals surface area contributed by atoms with Gasteiger partial charge in [-0.05, 0) is 55.4 Å². The van der Waals surface area contributed by atoms with Crippen LogP contribution in [0.4, 0.5) is 0 Å². The first-order valence-electron chi connectivity index (χ1n) is 8.28. The predicted molar refractivity (Wildman–Crippen MR) is 85.5 cm³/mol. The van der Waals surface area contributed by atoms with Crippen molar-refractivity contribution in [3.05, 3.63) is 29.8 Å². The van der Waals surface area contributed by atoms with E-state index in [4.69, 9.17) is 4.74 Å². The van der Waals surface area contributed by atoms with E-state index in [1.54, 1.807) is 17.0 Å². The van der Waals surface area contributed by atoms with Crippen molar-refractivity contribution in [1.29, 1.82) is 0 Å². The van der Waals surface area contributed by atoms with Crippen LogP contribution in [-0.2, 0) is 4.79 Å². The Balaban J connectivity index is 1.62. The zero-order valence-electron chi connectivity index (χ0n) is 13.4. The molecule has 1 amide bonds. The van der Waals surface area contributed by atoms with Gasteiger partial charge in [-0.25, -0.2) is 0 Å². The molecule has 2 unspecified atom stereocenters. The highest BCUT2D eigenvalue weighted by molar-refractivity contribution is 5.94. The number of rotatable bonds is 5. The van der Waals surface area contributed by atoms with Crippen molar-refractivity contribution in [2.75, 3.05) is 19.7 Å². The topological polar surface area (TPSA) is 66.8 Å². The first-order chi connectivity index (χ1) is 11.0. The summed E-state index contributed by atoms with van der Waals surface area (Å²) in [5, 5.41) is 9.22. The quantitative estimate of drug-likeness (QED) is 0.906. The third-order valence-corrected chi connectivity index (χ3v) is 4.58. The lowest BCUT2D eigenvalue weighted by Crippen LogP contribution is -2.45. The summed E-state index contributed by atoms with van der Waals surface area (Å²) in [5.74, 6) is 0.288. The Morgan fingerprint density at radius 2 is 1.91 bits per heavy atom. The van der Waals surface area contributed by atoms with Gasteiger partial charge in [0.15, 0.2) is 0 Å². The van der Waals surface area contributed by atoms with Crippen LogP contribution in [0.5, 0.6) is 5.75 Å². The van der Waals surface area contributed by atoms with Gasteiger partial charge in [0.1, 0.15) is 5.75 Å². The summed E-state index contributed by atoms with van der Waals surface area (Å²) in [6, 6.07) is 7.16. The van der Waals surface area contributed by atoms with Crippen molar-refractivity contribution in [1.82, 2.24) is 4.90 Å². The molecule has 2 atom stereocenters. The molecule has 0 radical (unpaired) electrons. The van der Waals surface area contributed by atoms with Gasteiger partial charge in [-0.2, -0.15) is 0 Å². The molecule has 1 N–H and O–H groups in total. The van der Waals surface area contributed by atoms with Gasteiger partial charge in [0, 0.05) is 18.7 Å². The lowest BCUT2D eigenvalue weighted by molar-refractivity contribution is -0.143. The molecule has 1 saturated heterocycles. The van der Waals surface area contributed by atoms with Crippen molar-refractivity contribution >= 4 is 11.9 Å². The normalized spacial score (nSPS) is 24.3. The van der Waals surface area contributed by atoms with Crippen LogP contribution in [0.2, 0.25) is 0 Å². The minimum atomic E-state index is -0.821. The maximum atomic E-state index is 12.6. The summed E-state index contributed by atoms with van der Waals surface area (Å²) < 4.78 is 5.67. The van der Waals surface area contributed by atoms with Crippen molar-refractivity contribution in [3.63, 3.8) is 0 Å². The second kappa shape index (κ2) is 6.60. The molecule has 5 nitrogen and oxygen atoms in total. The maximum Gasteiger partial charge on any atom is 0.308 e. The summed E-state index contributed by atoms with van der Waals surface area (Å²) >= 11 is 0. The van der Waals surface area contributed by atoms with E-state index >= 15 is 0 Å². The van der Waals surface area contributed by atoms with Gasteiger partial charge in [-0.1, -0.05) is 6.92 Å². The van der Waals surface area contributed by atoms with Crippen LogP contribution in [0.15, 0.2) is 24.3 Å². The van der Waals surface area contributed by atoms with Gasteiger partial charge < -0.3 is 14.7 Å². The van der Waals surface area contributed by atoms with E-state index in [1.165, 1.54) is 12.8 Å². The maximum absolute atomic E-state index is 12.6. The number of piperidine rings is 1. The third kappa shape index (κ3) is 4.03. The molecule has 5 heteroatoms. The largest absolute Gasteiger partial charge is 0.493 e. The Morgan fingerprint density at radius 3 is 2.52 bits per heavy atom. The van der Waals surface area contributed by atoms with Crippen LogP contribution >= 0.6 is 0 Å². The van der Waals surface area contributed by atoms with Gasteiger partial charge in [-0.3, -0.25) is 9.59 Å². The molecule has 3 rings (SSSR count). The summed E-state index contributed by atoms with van der Waals surface area (Å²) in [4.78, 5) is 25.5. The van der Waals surface area contributed by atoms with Gasteiger partial charge in [0.25, 0.3) is 5.91 Å². The molecule has 2 aliphatic rings. The lowest BCUT2D eigenvalue weighted by atomic mass is 9.90. The predicted octanol–water partition coefficient (Wildman–Crippen LogP) is 2.66. The summed E-state index contributed by atoms with van der Waals surface area (Å²) in [7, 11) is 0. The Bertz CT molecular complexity index is 579. The minimum absolute atomic E-state index is 0.100. The molecule has 1 saturated carbocycles. The molecule has 23 heavy (non-hydrogen) atoms. The summed E-state index contributed by atoms with van der Waals surface area (Å²) in [5.41, 5.74) is 0.585. The summed E-state index contributed by atoms with van der Waals surface area (Å²) in [6.07, 6.45) is 3.12. The van der Waals surface area contributed by atoms with Crippen LogP contribution in [0.3, 0.4) is 0 Å². The smallest absolute Gasteiger partial charge is 0.308 e. The van der Waals surface area contributed by atoms with Crippen molar-refractivity contribution < 1.29 is 19.4 Å². The highest BCUT2D eigenvalue weighted by Crippen LogP contribution is 2.29. The number of nitrogens with zero attached hydrogens (tertiary/aromatic N) is 1. The molecule has 0 spiro atoms. The highest BCUT2D eigenvalue weighted by Gasteiger charge is 2.32. The van der Waals surface area contributed by atoms with Crippen molar-refractivity contribution in [2.24, 2.45) is 17.8 Å². The van der Waals surface area contributed by atoms with E-state index in [1.807, 2.05) is 19.1 Å². The Kier molecular flexibility index (Phi) is 4.55. The zero-order chi connectivity index (χ0) is 16.4. The SMILES string of the molecule is CC1CC(C(=O)O)CN(C(=O)c2ccc(OCC3CC3)cc2)C1. The number of carboxylic acid groups (broad SMARTS) is 1. The number of benzene rings is 1. The van der Waals surface area contributed by atoms with Gasteiger partial charge >= 0.3 is 5.97 Å². The van der Waals surface area contributed by atoms with E-state index in [9.17, 15) is 14.7 Å². The van der Waals surface area contributed by atoms with Crippen LogP contribution in [-0.4, -0.2) is 41.6 Å². The molecule has 1 aliphatic carbocycles. The molecule has 0 bridgehead atoms. The average molecular weight is 317 g/mol. The molecule has 1 heterocycles. The molecular weight excluding hydrogens is 294 g/mol. The highest BCUT2D eigenvalue weighted by atomic mass is 16.5. The fraction of sp³-hybridized carbons (Fsp3) is 0.556. The molecule has 2 fully saturated rings. The first kappa shape index (κ1) is 15.8. The van der Waals surface area contributed by atoms with Crippen molar-refractivity contribution in [3.8, 4) is 5.75 Å². The Labute approximate surface area is 136 Å². The minimum Gasteiger partial charge on any atom is -0.493 e. The zero-order valence-corrected chi connectivity index (χ0v) is 13.4. The van der Waals surface area contributed by atoms with E-state index < -0.39 is 11.9 Å². The van der Waals surface area contributed by atoms with Crippen LogP contribution in [0, 0.1) is 17.8 Å². The Morgan fingerprint density at radius 1 is 1.22 bits per heavy atom. The van der Waals surface area contributed by atoms with Gasteiger partial charge in [-0.15, -0.1) is 0 Å². The monoisotopic (exact) mass is 317 g/mol. The van der Waals surface area contributed by atoms with Gasteiger partial charge in [0.05, 0.1) is 12.5 Å². The van der Waals surface area contributed by atoms with E-state index in [0.29, 0.717) is 31.0 Å². The number of carbonyl (C=O) groups excluding carboxylic acids is 1. The fourth-order valence-corrected chi connectivity index (χ4v) is 3.07. The van der Waals surface area contributed by atoms with Crippen LogP contribution < -0.4 is 4.74 Å². The number of likely N-dealkylation sites (tertiary alicyclic amines) is 1. The summed E-state index contributed by atoms with van der Waals surface area (Å²) in [6.45, 7) is 3.64. The van der Waals surface area contributed by atoms with Gasteiger partial charge in [0.2, 0.25) is 0 Å². The molecule has 124 valence electrons. The molecule has 1 aliphatic heterocycles. The standard InChI is InChI=1S/C18H23NO4/c1-12-8-15(18(21)22)10-19(9-12)17(20)14-4-6-16(7-5-14)23-11-13-2-3-13/h4-7,12-13,15H,2-3,8-11H2,1H3,(H,21,22). The van der Waals surface area contributed by atoms with E-state index in [-0.39, 0.29) is 11.8 Å². The third-order valence-electron chi connectivity index (χ3n) is 4.58. The molecule has 0 aromatic heterocycles. The average Bonchev–Trinajstić information content (AvgIpc) is 3.36. The molecule has 1 aromatic rings. The molecular formula is C18H23NO4. The van der Waals surface area contributed by atoms with E-state index in [0.717, 1.165) is 12.4 Å². The van der Waals surface area contributed by atoms with Crippen molar-refractivity contribution in [2.45, 2.75) is 26.2 Å². The number of hydrogen-bond donors (Lipinski definition) is 1. The fourth-order valence-electron chi connectivity index (χ4n) is 3.07. The lowest BCUT2D eigenvalue weighted by Gasteiger charge is -2.34. The number of hydrogen-bond acceptors (Lipinski definition) is 3. The second-order valence-electron chi connectivity index (χ2n) is 6.86. The first-order valence-corrected chi connectivity index (χ1v) is 8.28. The van der Waals surface area contributed by atoms with Crippen LogP contribution in [0.25, 0.3) is 0 Å². The number of carboxylic acids is 1. The number of carbonyl (C=O) groups is 2.